The first-order valence-electron chi connectivity index (χ1n) is 13.4. The number of carbonyl (C=O) groups is 2. The van der Waals surface area contributed by atoms with Crippen molar-refractivity contribution in [2.24, 2.45) is 0 Å². The lowest BCUT2D eigenvalue weighted by molar-refractivity contribution is -0.157. The highest BCUT2D eigenvalue weighted by Crippen LogP contribution is 2.43. The highest BCUT2D eigenvalue weighted by atomic mass is 19.4. The molecule has 1 fully saturated rings. The second-order valence-electron chi connectivity index (χ2n) is 10.9. The lowest BCUT2D eigenvalue weighted by Gasteiger charge is -2.48. The molecule has 3 aromatic rings. The van der Waals surface area contributed by atoms with Gasteiger partial charge in [-0.15, -0.1) is 0 Å². The fourth-order valence-corrected chi connectivity index (χ4v) is 5.63. The van der Waals surface area contributed by atoms with Gasteiger partial charge in [-0.2, -0.15) is 26.3 Å². The first-order valence-corrected chi connectivity index (χ1v) is 13.4. The van der Waals surface area contributed by atoms with Crippen molar-refractivity contribution in [2.75, 3.05) is 11.9 Å². The number of hydrogen-bond acceptors (Lipinski definition) is 4. The molecule has 2 aliphatic rings. The largest absolute Gasteiger partial charge is 0.433 e. The Labute approximate surface area is 250 Å². The maximum atomic E-state index is 14.6. The number of alkyl halides is 6. The van der Waals surface area contributed by atoms with Crippen molar-refractivity contribution in [3.8, 4) is 11.1 Å². The van der Waals surface area contributed by atoms with E-state index in [4.69, 9.17) is 0 Å². The van der Waals surface area contributed by atoms with Gasteiger partial charge in [-0.1, -0.05) is 6.07 Å². The molecule has 1 saturated heterocycles. The summed E-state index contributed by atoms with van der Waals surface area (Å²) in [6, 6.07) is 4.58. The van der Waals surface area contributed by atoms with Gasteiger partial charge in [0.15, 0.2) is 11.6 Å². The van der Waals surface area contributed by atoms with Gasteiger partial charge in [0.05, 0.1) is 17.6 Å². The van der Waals surface area contributed by atoms with E-state index in [0.29, 0.717) is 61.5 Å². The summed E-state index contributed by atoms with van der Waals surface area (Å²) in [5.74, 6) is -5.89. The normalized spacial score (nSPS) is 19.3. The Balaban J connectivity index is 1.54. The number of nitrogens with one attached hydrogen (secondary N) is 1. The highest BCUT2D eigenvalue weighted by Gasteiger charge is 2.50. The maximum Gasteiger partial charge on any atom is 0.433 e. The second kappa shape index (κ2) is 11.2. The predicted octanol–water partition coefficient (Wildman–Crippen LogP) is 7.27. The summed E-state index contributed by atoms with van der Waals surface area (Å²) in [5, 5.41) is 5.05. The number of carbonyl (C=O) groups excluding carboxylic acids is 2. The summed E-state index contributed by atoms with van der Waals surface area (Å²) in [5.41, 5.74) is -4.65. The highest BCUT2D eigenvalue weighted by molar-refractivity contribution is 6.24. The molecule has 1 N–H and O–H groups in total. The number of amides is 2. The summed E-state index contributed by atoms with van der Waals surface area (Å²) in [7, 11) is 0. The smallest absolute Gasteiger partial charge is 0.321 e. The molecular weight excluding hydrogens is 619 g/mol. The van der Waals surface area contributed by atoms with Crippen LogP contribution in [0.2, 0.25) is 0 Å². The quantitative estimate of drug-likeness (QED) is 0.181. The van der Waals surface area contributed by atoms with Gasteiger partial charge in [0.25, 0.3) is 11.8 Å². The van der Waals surface area contributed by atoms with Gasteiger partial charge in [-0.25, -0.2) is 18.2 Å². The Morgan fingerprint density at radius 3 is 2.27 bits per heavy atom. The number of nitrogens with zero attached hydrogens (tertiary/aromatic N) is 3. The van der Waals surface area contributed by atoms with Gasteiger partial charge in [0, 0.05) is 41.2 Å². The van der Waals surface area contributed by atoms with Gasteiger partial charge in [-0.3, -0.25) is 19.6 Å². The van der Waals surface area contributed by atoms with E-state index in [0.717, 1.165) is 17.1 Å². The van der Waals surface area contributed by atoms with E-state index in [1.54, 1.807) is 11.9 Å². The van der Waals surface area contributed by atoms with Gasteiger partial charge in [0.2, 0.25) is 0 Å². The third kappa shape index (κ3) is 5.88. The third-order valence-electron chi connectivity index (χ3n) is 8.12. The van der Waals surface area contributed by atoms with E-state index in [1.165, 1.54) is 6.92 Å². The molecule has 0 radical (unpaired) electrons. The summed E-state index contributed by atoms with van der Waals surface area (Å²) in [6.07, 6.45) is -7.95. The monoisotopic (exact) mass is 642 g/mol. The molecule has 3 heterocycles. The molecule has 6 nitrogen and oxygen atoms in total. The van der Waals surface area contributed by atoms with E-state index < -0.39 is 70.5 Å². The van der Waals surface area contributed by atoms with E-state index in [9.17, 15) is 49.1 Å². The molecule has 0 bridgehead atoms. The van der Waals surface area contributed by atoms with E-state index in [2.05, 4.69) is 10.3 Å². The van der Waals surface area contributed by atoms with E-state index in [-0.39, 0.29) is 22.4 Å². The summed E-state index contributed by atoms with van der Waals surface area (Å²) in [6.45, 7) is 2.99. The molecule has 5 rings (SSSR count). The van der Waals surface area contributed by atoms with Crippen LogP contribution in [0, 0.1) is 17.5 Å². The zero-order chi connectivity index (χ0) is 33.1. The summed E-state index contributed by atoms with van der Waals surface area (Å²) < 4.78 is 122. The van der Waals surface area contributed by atoms with Crippen LogP contribution in [0.15, 0.2) is 59.8 Å². The zero-order valence-electron chi connectivity index (χ0n) is 23.5. The van der Waals surface area contributed by atoms with Crippen molar-refractivity contribution in [1.29, 1.82) is 0 Å². The van der Waals surface area contributed by atoms with Crippen LogP contribution in [0.4, 0.5) is 45.2 Å². The van der Waals surface area contributed by atoms with Crippen molar-refractivity contribution < 1.29 is 49.1 Å². The van der Waals surface area contributed by atoms with Gasteiger partial charge >= 0.3 is 12.4 Å². The lowest BCUT2D eigenvalue weighted by Crippen LogP contribution is -2.60. The summed E-state index contributed by atoms with van der Waals surface area (Å²) in [4.78, 5) is 30.8. The molecule has 238 valence electrons. The van der Waals surface area contributed by atoms with Crippen LogP contribution in [0.5, 0.6) is 0 Å². The number of rotatable bonds is 5. The van der Waals surface area contributed by atoms with Crippen LogP contribution in [0.1, 0.15) is 43.5 Å². The van der Waals surface area contributed by atoms with Crippen molar-refractivity contribution in [2.45, 2.75) is 51.1 Å². The van der Waals surface area contributed by atoms with Gasteiger partial charge in [-0.05, 0) is 62.6 Å². The van der Waals surface area contributed by atoms with Crippen LogP contribution >= 0.6 is 0 Å². The first kappa shape index (κ1) is 32.0. The SMILES string of the molecule is CC1=C(C(=O)Nc2ccc(C(F)(F)F)cc2-c2ccc(C(F)(F)F)nc2)C(=O)N(Cc2cc(F)c(F)cc2F)N2CCCC12C. The standard InChI is InChI=1S/C30H23F9N4O2/c1-15-25(27(45)42(43-9-3-8-28(15,43)2)14-17-10-21(32)22(33)12-20(17)31)26(44)41-23-6-5-18(29(34,35)36)11-19(23)16-4-7-24(40-13-16)30(37,38)39/h4-7,10-13H,3,8-9,14H2,1-2H3,(H,41,44). The fraction of sp³-hybridized carbons (Fsp3) is 0.300. The Kier molecular flexibility index (Phi) is 7.96. The number of pyridine rings is 1. The molecule has 1 aromatic heterocycles. The Bertz CT molecular complexity index is 1720. The van der Waals surface area contributed by atoms with Gasteiger partial charge in [0.1, 0.15) is 17.1 Å². The third-order valence-corrected chi connectivity index (χ3v) is 8.12. The molecule has 45 heavy (non-hydrogen) atoms. The molecule has 0 saturated carbocycles. The Morgan fingerprint density at radius 1 is 0.956 bits per heavy atom. The van der Waals surface area contributed by atoms with Gasteiger partial charge < -0.3 is 5.32 Å². The number of fused-ring (bicyclic) bond motifs is 1. The molecule has 15 heteroatoms. The van der Waals surface area contributed by atoms with Crippen LogP contribution in [0.3, 0.4) is 0 Å². The van der Waals surface area contributed by atoms with E-state index >= 15 is 0 Å². The molecule has 1 unspecified atom stereocenters. The number of benzene rings is 2. The Hall–Kier alpha value is -4.40. The van der Waals surface area contributed by atoms with Crippen LogP contribution < -0.4 is 5.32 Å². The first-order chi connectivity index (χ1) is 20.9. The number of halogens is 9. The number of hydrazine groups is 1. The van der Waals surface area contributed by atoms with Crippen LogP contribution in [-0.4, -0.2) is 38.9 Å². The average molecular weight is 643 g/mol. The van der Waals surface area contributed by atoms with Crippen molar-refractivity contribution in [3.63, 3.8) is 0 Å². The van der Waals surface area contributed by atoms with Crippen molar-refractivity contribution in [3.05, 3.63) is 94.1 Å². The molecule has 0 aliphatic carbocycles. The molecule has 2 aliphatic heterocycles. The van der Waals surface area contributed by atoms with Crippen molar-refractivity contribution in [1.82, 2.24) is 15.0 Å². The molecular formula is C30H23F9N4O2. The maximum absolute atomic E-state index is 14.6. The predicted molar refractivity (Wildman–Crippen MR) is 142 cm³/mol. The molecule has 1 atom stereocenters. The molecule has 0 spiro atoms. The number of aromatic nitrogens is 1. The number of anilines is 1. The Morgan fingerprint density at radius 2 is 1.64 bits per heavy atom. The zero-order valence-corrected chi connectivity index (χ0v) is 23.5. The number of hydrogen-bond donors (Lipinski definition) is 1. The second-order valence-corrected chi connectivity index (χ2v) is 10.9. The molecule has 2 amide bonds. The van der Waals surface area contributed by atoms with Crippen molar-refractivity contribution >= 4 is 17.5 Å². The minimum Gasteiger partial charge on any atom is -0.321 e. The fourth-order valence-electron chi connectivity index (χ4n) is 5.63. The topological polar surface area (TPSA) is 65.5 Å². The summed E-state index contributed by atoms with van der Waals surface area (Å²) >= 11 is 0. The van der Waals surface area contributed by atoms with E-state index in [1.807, 2.05) is 0 Å². The lowest BCUT2D eigenvalue weighted by atomic mass is 9.84. The minimum atomic E-state index is -4.84. The van der Waals surface area contributed by atoms with Crippen LogP contribution in [-0.2, 0) is 28.5 Å². The molecule has 2 aromatic carbocycles. The van der Waals surface area contributed by atoms with Crippen LogP contribution in [0.25, 0.3) is 11.1 Å². The average Bonchev–Trinajstić information content (AvgIpc) is 3.36. The minimum absolute atomic E-state index is 0.186.